The molecule has 3 aromatic carbocycles. The summed E-state index contributed by atoms with van der Waals surface area (Å²) in [6.45, 7) is 2.05. The normalized spacial score (nSPS) is 17.5. The van der Waals surface area contributed by atoms with Crippen molar-refractivity contribution in [2.24, 2.45) is 0 Å². The van der Waals surface area contributed by atoms with Crippen molar-refractivity contribution >= 4 is 28.7 Å². The molecule has 0 N–H and O–H groups in total. The summed E-state index contributed by atoms with van der Waals surface area (Å²) in [4.78, 5) is 14.4. The summed E-state index contributed by atoms with van der Waals surface area (Å²) in [6.07, 6.45) is 3.05. The summed E-state index contributed by atoms with van der Waals surface area (Å²) in [7, 11) is 1.23. The molecule has 1 atom stereocenters. The molecule has 0 spiro atoms. The number of hydrogen-bond donors (Lipinski definition) is 0. The van der Waals surface area contributed by atoms with Crippen LogP contribution in [-0.4, -0.2) is 50.4 Å². The first-order chi connectivity index (χ1) is 19.4. The van der Waals surface area contributed by atoms with E-state index in [2.05, 4.69) is 4.90 Å². The molecule has 40 heavy (non-hydrogen) atoms. The Morgan fingerprint density at radius 1 is 1.05 bits per heavy atom. The topological polar surface area (TPSA) is 38.8 Å². The molecule has 1 aliphatic carbocycles. The van der Waals surface area contributed by atoms with Crippen molar-refractivity contribution in [1.82, 2.24) is 4.90 Å². The van der Waals surface area contributed by atoms with Crippen molar-refractivity contribution in [1.29, 1.82) is 0 Å². The largest absolute Gasteiger partial charge is 0.489 e. The van der Waals surface area contributed by atoms with E-state index in [0.29, 0.717) is 48.1 Å². The quantitative estimate of drug-likeness (QED) is 0.263. The van der Waals surface area contributed by atoms with Gasteiger partial charge in [0.15, 0.2) is 0 Å². The molecule has 1 fully saturated rings. The molecular formula is C32H31ClF3NO3. The highest BCUT2D eigenvalue weighted by atomic mass is 35.5. The Kier molecular flexibility index (Phi) is 8.81. The van der Waals surface area contributed by atoms with Crippen LogP contribution in [0.15, 0.2) is 54.6 Å². The van der Waals surface area contributed by atoms with Crippen molar-refractivity contribution in [2.75, 3.05) is 33.4 Å². The van der Waals surface area contributed by atoms with Gasteiger partial charge in [0.2, 0.25) is 0 Å². The lowest BCUT2D eigenvalue weighted by Gasteiger charge is -2.19. The van der Waals surface area contributed by atoms with Gasteiger partial charge in [-0.15, -0.1) is 0 Å². The molecule has 1 saturated heterocycles. The molecule has 4 nitrogen and oxygen atoms in total. The van der Waals surface area contributed by atoms with Gasteiger partial charge in [0.25, 0.3) is 0 Å². The van der Waals surface area contributed by atoms with Gasteiger partial charge in [0.1, 0.15) is 23.5 Å². The minimum atomic E-state index is -0.728. The maximum atomic E-state index is 15.7. The number of fused-ring (bicyclic) bond motifs is 1. The van der Waals surface area contributed by atoms with Crippen LogP contribution < -0.4 is 4.74 Å². The molecule has 0 unspecified atom stereocenters. The van der Waals surface area contributed by atoms with E-state index < -0.39 is 17.6 Å². The Hall–Kier alpha value is -3.29. The number of likely N-dealkylation sites (tertiary alicyclic amines) is 1. The van der Waals surface area contributed by atoms with E-state index in [4.69, 9.17) is 21.1 Å². The number of rotatable bonds is 8. The number of nitrogens with zero attached hydrogens (tertiary/aromatic N) is 1. The van der Waals surface area contributed by atoms with Crippen molar-refractivity contribution in [3.05, 3.63) is 99.1 Å². The maximum Gasteiger partial charge on any atom is 0.340 e. The van der Waals surface area contributed by atoms with Crippen LogP contribution in [0.3, 0.4) is 0 Å². The molecule has 0 bridgehead atoms. The van der Waals surface area contributed by atoms with Gasteiger partial charge in [-0.3, -0.25) is 9.29 Å². The fraction of sp³-hybridized carbons (Fsp3) is 0.344. The van der Waals surface area contributed by atoms with Crippen molar-refractivity contribution in [3.63, 3.8) is 0 Å². The Bertz CT molecular complexity index is 1420. The predicted octanol–water partition coefficient (Wildman–Crippen LogP) is 7.51. The second kappa shape index (κ2) is 12.5. The number of carbonyl (C=O) groups excluding carboxylic acids is 1. The van der Waals surface area contributed by atoms with Gasteiger partial charge in [-0.25, -0.2) is 13.6 Å². The number of esters is 1. The zero-order valence-electron chi connectivity index (χ0n) is 22.3. The first-order valence-corrected chi connectivity index (χ1v) is 13.9. The molecule has 0 aromatic heterocycles. The van der Waals surface area contributed by atoms with E-state index in [9.17, 15) is 13.6 Å². The predicted molar refractivity (Wildman–Crippen MR) is 151 cm³/mol. The fourth-order valence-corrected chi connectivity index (χ4v) is 5.98. The van der Waals surface area contributed by atoms with Crippen molar-refractivity contribution < 1.29 is 27.4 Å². The van der Waals surface area contributed by atoms with E-state index in [-0.39, 0.29) is 23.4 Å². The minimum absolute atomic E-state index is 0.0303. The number of allylic oxidation sites excluding steroid dienone is 1. The van der Waals surface area contributed by atoms with Gasteiger partial charge >= 0.3 is 5.97 Å². The summed E-state index contributed by atoms with van der Waals surface area (Å²) >= 11 is 6.52. The van der Waals surface area contributed by atoms with Crippen LogP contribution in [0, 0.1) is 11.6 Å². The first kappa shape index (κ1) is 28.2. The number of carbonyl (C=O) groups is 1. The molecule has 210 valence electrons. The van der Waals surface area contributed by atoms with E-state index in [1.807, 2.05) is 24.3 Å². The number of alkyl halides is 1. The van der Waals surface area contributed by atoms with Crippen LogP contribution in [0.2, 0.25) is 5.02 Å². The van der Waals surface area contributed by atoms with Crippen LogP contribution >= 0.6 is 11.6 Å². The standard InChI is InChI=1S/C32H31ClF3NO3/c1-39-32(38)28-13-12-26-27(31(28)36)5-2-4-25(24-11-8-21(35)18-29(24)33)30(26)20-6-9-22(10-7-20)40-23-14-17-37(19-23)16-3-15-34/h6-13,18,23H,2-5,14-17,19H2,1H3/t23-/m0/s1. The molecule has 2 aliphatic rings. The van der Waals surface area contributed by atoms with E-state index in [1.165, 1.54) is 25.3 Å². The Labute approximate surface area is 237 Å². The van der Waals surface area contributed by atoms with Crippen molar-refractivity contribution in [3.8, 4) is 5.75 Å². The average Bonchev–Trinajstić information content (AvgIpc) is 3.30. The molecule has 0 saturated carbocycles. The van der Waals surface area contributed by atoms with Crippen molar-refractivity contribution in [2.45, 2.75) is 38.2 Å². The fourth-order valence-electron chi connectivity index (χ4n) is 5.70. The summed E-state index contributed by atoms with van der Waals surface area (Å²) in [5.74, 6) is -1.04. The molecule has 1 heterocycles. The molecule has 1 aliphatic heterocycles. The Morgan fingerprint density at radius 3 is 2.55 bits per heavy atom. The van der Waals surface area contributed by atoms with E-state index >= 15 is 4.39 Å². The molecule has 0 amide bonds. The summed E-state index contributed by atoms with van der Waals surface area (Å²) in [5, 5.41) is 0.279. The minimum Gasteiger partial charge on any atom is -0.489 e. The highest BCUT2D eigenvalue weighted by Crippen LogP contribution is 2.43. The third-order valence-electron chi connectivity index (χ3n) is 7.61. The SMILES string of the molecule is COC(=O)c1ccc2c(c1F)CCCC(c1ccc(F)cc1Cl)=C2c1ccc(O[C@H]2CCN(CCCF)C2)cc1. The van der Waals surface area contributed by atoms with Crippen LogP contribution in [-0.2, 0) is 11.2 Å². The van der Waals surface area contributed by atoms with Gasteiger partial charge in [-0.2, -0.15) is 0 Å². The lowest BCUT2D eigenvalue weighted by atomic mass is 9.87. The average molecular weight is 570 g/mol. The number of ether oxygens (including phenoxy) is 2. The van der Waals surface area contributed by atoms with Crippen LogP contribution in [0.5, 0.6) is 5.75 Å². The zero-order chi connectivity index (χ0) is 28.2. The third kappa shape index (κ3) is 5.91. The number of halogens is 4. The van der Waals surface area contributed by atoms with E-state index in [1.54, 1.807) is 12.1 Å². The molecule has 3 aromatic rings. The second-order valence-corrected chi connectivity index (χ2v) is 10.6. The van der Waals surface area contributed by atoms with Gasteiger partial charge < -0.3 is 9.47 Å². The summed E-state index contributed by atoms with van der Waals surface area (Å²) in [5.41, 5.74) is 4.15. The maximum absolute atomic E-state index is 15.7. The summed E-state index contributed by atoms with van der Waals surface area (Å²) in [6, 6.07) is 15.1. The monoisotopic (exact) mass is 569 g/mol. The smallest absolute Gasteiger partial charge is 0.340 e. The zero-order valence-corrected chi connectivity index (χ0v) is 23.1. The molecule has 8 heteroatoms. The van der Waals surface area contributed by atoms with Crippen LogP contribution in [0.4, 0.5) is 13.2 Å². The third-order valence-corrected chi connectivity index (χ3v) is 7.92. The lowest BCUT2D eigenvalue weighted by Crippen LogP contribution is -2.26. The number of benzene rings is 3. The van der Waals surface area contributed by atoms with Gasteiger partial charge in [0.05, 0.1) is 24.4 Å². The summed E-state index contributed by atoms with van der Waals surface area (Å²) < 4.78 is 53.2. The highest BCUT2D eigenvalue weighted by molar-refractivity contribution is 6.32. The number of hydrogen-bond acceptors (Lipinski definition) is 4. The molecule has 0 radical (unpaired) electrons. The van der Waals surface area contributed by atoms with Gasteiger partial charge in [-0.1, -0.05) is 35.9 Å². The first-order valence-electron chi connectivity index (χ1n) is 13.5. The van der Waals surface area contributed by atoms with Crippen LogP contribution in [0.25, 0.3) is 11.1 Å². The number of methoxy groups -OCH3 is 1. The second-order valence-electron chi connectivity index (χ2n) is 10.2. The molecular weight excluding hydrogens is 539 g/mol. The molecule has 5 rings (SSSR count). The van der Waals surface area contributed by atoms with Gasteiger partial charge in [-0.05, 0) is 95.8 Å². The van der Waals surface area contributed by atoms with Crippen LogP contribution in [0.1, 0.15) is 58.3 Å². The lowest BCUT2D eigenvalue weighted by molar-refractivity contribution is 0.0595. The Balaban J connectivity index is 1.54. The van der Waals surface area contributed by atoms with E-state index in [0.717, 1.165) is 42.8 Å². The Morgan fingerprint density at radius 2 is 1.82 bits per heavy atom. The highest BCUT2D eigenvalue weighted by Gasteiger charge is 2.27. The van der Waals surface area contributed by atoms with Gasteiger partial charge in [0, 0.05) is 19.6 Å².